The summed E-state index contributed by atoms with van der Waals surface area (Å²) in [5, 5.41) is 10.2. The van der Waals surface area contributed by atoms with Crippen LogP contribution >= 0.6 is 0 Å². The lowest BCUT2D eigenvalue weighted by molar-refractivity contribution is -0.140. The fourth-order valence-corrected chi connectivity index (χ4v) is 2.59. The second-order valence-electron chi connectivity index (χ2n) is 6.36. The molecule has 0 saturated carbocycles. The Hall–Kier alpha value is -1.10. The first-order chi connectivity index (χ1) is 9.79. The molecule has 0 radical (unpaired) electrons. The lowest BCUT2D eigenvalue weighted by Crippen LogP contribution is -2.42. The summed E-state index contributed by atoms with van der Waals surface area (Å²) >= 11 is 0. The maximum atomic E-state index is 12.0. The molecule has 0 aromatic rings. The molecule has 3 N–H and O–H groups in total. The number of hydrazine groups is 1. The Kier molecular flexibility index (Phi) is 10.0. The minimum absolute atomic E-state index is 0.0678. The Bertz CT molecular complexity index is 321. The van der Waals surface area contributed by atoms with Crippen LogP contribution in [0.15, 0.2) is 0 Å². The molecule has 0 rings (SSSR count). The fraction of sp³-hybridized carbons (Fsp3) is 0.875. The maximum absolute atomic E-state index is 12.0. The zero-order valence-electron chi connectivity index (χ0n) is 14.0. The predicted octanol–water partition coefficient (Wildman–Crippen LogP) is 3.04. The monoisotopic (exact) mass is 300 g/mol. The summed E-state index contributed by atoms with van der Waals surface area (Å²) in [5.74, 6) is 5.60. The van der Waals surface area contributed by atoms with Gasteiger partial charge in [0.25, 0.3) is 0 Å². The average molecular weight is 300 g/mol. The average Bonchev–Trinajstić information content (AvgIpc) is 2.37. The summed E-state index contributed by atoms with van der Waals surface area (Å²) in [5.41, 5.74) is 0. The molecule has 0 spiro atoms. The third-order valence-corrected chi connectivity index (χ3v) is 3.98. The summed E-state index contributed by atoms with van der Waals surface area (Å²) in [6.45, 7) is 8.63. The molecule has 0 bridgehead atoms. The van der Waals surface area contributed by atoms with Crippen LogP contribution in [0.1, 0.15) is 66.2 Å². The molecule has 3 atom stereocenters. The van der Waals surface area contributed by atoms with Crippen molar-refractivity contribution in [2.75, 3.05) is 6.54 Å². The zero-order valence-corrected chi connectivity index (χ0v) is 14.0. The van der Waals surface area contributed by atoms with E-state index in [1.807, 2.05) is 13.8 Å². The van der Waals surface area contributed by atoms with Gasteiger partial charge in [-0.3, -0.25) is 14.6 Å². The van der Waals surface area contributed by atoms with Gasteiger partial charge in [0.15, 0.2) is 0 Å². The van der Waals surface area contributed by atoms with Crippen molar-refractivity contribution >= 4 is 11.9 Å². The second kappa shape index (κ2) is 10.6. The number of carbonyl (C=O) groups is 2. The van der Waals surface area contributed by atoms with E-state index in [1.54, 1.807) is 0 Å². The summed E-state index contributed by atoms with van der Waals surface area (Å²) in [6.07, 6.45) is 4.38. The van der Waals surface area contributed by atoms with Crippen LogP contribution in [0.25, 0.3) is 0 Å². The first-order valence-electron chi connectivity index (χ1n) is 8.06. The van der Waals surface area contributed by atoms with Crippen molar-refractivity contribution < 1.29 is 14.7 Å². The third-order valence-electron chi connectivity index (χ3n) is 3.98. The van der Waals surface area contributed by atoms with Gasteiger partial charge in [0, 0.05) is 19.4 Å². The van der Waals surface area contributed by atoms with Gasteiger partial charge in [-0.15, -0.1) is 0 Å². The van der Waals surface area contributed by atoms with Crippen LogP contribution in [0.4, 0.5) is 0 Å². The summed E-state index contributed by atoms with van der Waals surface area (Å²) in [6, 6.07) is 0. The van der Waals surface area contributed by atoms with E-state index in [0.29, 0.717) is 24.8 Å². The van der Waals surface area contributed by atoms with Crippen LogP contribution in [0, 0.1) is 17.8 Å². The molecule has 1 amide bonds. The van der Waals surface area contributed by atoms with Crippen LogP contribution < -0.4 is 5.84 Å². The minimum Gasteiger partial charge on any atom is -0.481 e. The van der Waals surface area contributed by atoms with Crippen molar-refractivity contribution in [1.82, 2.24) is 5.01 Å². The molecular weight excluding hydrogens is 268 g/mol. The number of nitrogens with zero attached hydrogens (tertiary/aromatic N) is 1. The van der Waals surface area contributed by atoms with Crippen LogP contribution in [-0.4, -0.2) is 28.5 Å². The molecule has 0 aliphatic carbocycles. The Morgan fingerprint density at radius 1 is 1.14 bits per heavy atom. The number of carboxylic acids is 1. The van der Waals surface area contributed by atoms with E-state index in [1.165, 1.54) is 5.01 Å². The fourth-order valence-electron chi connectivity index (χ4n) is 2.59. The van der Waals surface area contributed by atoms with Gasteiger partial charge in [0.05, 0.1) is 0 Å². The Morgan fingerprint density at radius 2 is 1.76 bits per heavy atom. The first kappa shape index (κ1) is 19.9. The van der Waals surface area contributed by atoms with Gasteiger partial charge in [0.1, 0.15) is 0 Å². The lowest BCUT2D eigenvalue weighted by Gasteiger charge is -2.25. The molecule has 0 aliphatic heterocycles. The van der Waals surface area contributed by atoms with Crippen LogP contribution in [-0.2, 0) is 9.59 Å². The normalized spacial score (nSPS) is 15.3. The van der Waals surface area contributed by atoms with E-state index in [2.05, 4.69) is 13.8 Å². The van der Waals surface area contributed by atoms with Gasteiger partial charge < -0.3 is 5.11 Å². The first-order valence-corrected chi connectivity index (χ1v) is 8.06. The number of hydrogen-bond acceptors (Lipinski definition) is 3. The van der Waals surface area contributed by atoms with Crippen molar-refractivity contribution in [3.63, 3.8) is 0 Å². The van der Waals surface area contributed by atoms with Gasteiger partial charge in [-0.25, -0.2) is 5.84 Å². The number of carbonyl (C=O) groups excluding carboxylic acids is 1. The van der Waals surface area contributed by atoms with Gasteiger partial charge in [-0.1, -0.05) is 47.0 Å². The highest BCUT2D eigenvalue weighted by molar-refractivity contribution is 5.75. The van der Waals surface area contributed by atoms with Crippen molar-refractivity contribution in [1.29, 1.82) is 0 Å². The number of carboxylic acid groups (broad SMARTS) is 1. The van der Waals surface area contributed by atoms with Crippen LogP contribution in [0.5, 0.6) is 0 Å². The number of amides is 1. The number of aliphatic carboxylic acids is 1. The highest BCUT2D eigenvalue weighted by atomic mass is 16.4. The molecule has 5 nitrogen and oxygen atoms in total. The van der Waals surface area contributed by atoms with Gasteiger partial charge in [-0.2, -0.15) is 0 Å². The Labute approximate surface area is 128 Å². The Balaban J connectivity index is 4.49. The summed E-state index contributed by atoms with van der Waals surface area (Å²) in [4.78, 5) is 23.0. The molecular formula is C16H32N2O3. The van der Waals surface area contributed by atoms with E-state index >= 15 is 0 Å². The highest BCUT2D eigenvalue weighted by Gasteiger charge is 2.21. The van der Waals surface area contributed by atoms with Crippen LogP contribution in [0.3, 0.4) is 0 Å². The second-order valence-corrected chi connectivity index (χ2v) is 6.36. The maximum Gasteiger partial charge on any atom is 0.303 e. The zero-order chi connectivity index (χ0) is 16.4. The van der Waals surface area contributed by atoms with Crippen molar-refractivity contribution in [2.45, 2.75) is 66.2 Å². The summed E-state index contributed by atoms with van der Waals surface area (Å²) < 4.78 is 0. The smallest absolute Gasteiger partial charge is 0.303 e. The van der Waals surface area contributed by atoms with Gasteiger partial charge >= 0.3 is 5.97 Å². The van der Waals surface area contributed by atoms with Crippen LogP contribution in [0.2, 0.25) is 0 Å². The predicted molar refractivity (Wildman–Crippen MR) is 84.4 cm³/mol. The van der Waals surface area contributed by atoms with Crippen molar-refractivity contribution in [3.8, 4) is 0 Å². The summed E-state index contributed by atoms with van der Waals surface area (Å²) in [7, 11) is 0. The molecule has 0 aromatic carbocycles. The molecule has 5 heteroatoms. The molecule has 0 fully saturated rings. The van der Waals surface area contributed by atoms with E-state index in [-0.39, 0.29) is 18.2 Å². The Morgan fingerprint density at radius 3 is 2.24 bits per heavy atom. The number of rotatable bonds is 11. The van der Waals surface area contributed by atoms with Crippen molar-refractivity contribution in [3.05, 3.63) is 0 Å². The van der Waals surface area contributed by atoms with Gasteiger partial charge in [-0.05, 0) is 24.2 Å². The topological polar surface area (TPSA) is 83.6 Å². The SMILES string of the molecule is CCCC(C)CC(CC(=O)O)CN(N)C(=O)CC(C)CC. The lowest BCUT2D eigenvalue weighted by atomic mass is 9.90. The largest absolute Gasteiger partial charge is 0.481 e. The molecule has 3 unspecified atom stereocenters. The van der Waals surface area contributed by atoms with E-state index in [9.17, 15) is 9.59 Å². The van der Waals surface area contributed by atoms with E-state index < -0.39 is 5.97 Å². The number of nitrogens with two attached hydrogens (primary N) is 1. The molecule has 0 heterocycles. The molecule has 0 aromatic heterocycles. The standard InChI is InChI=1S/C16H32N2O3/c1-5-7-13(4)8-14(10-16(20)21)11-18(17)15(19)9-12(3)6-2/h12-14H,5-11,17H2,1-4H3,(H,20,21). The van der Waals surface area contributed by atoms with Gasteiger partial charge in [0.2, 0.25) is 5.91 Å². The molecule has 0 aliphatic rings. The minimum atomic E-state index is -0.827. The van der Waals surface area contributed by atoms with E-state index in [4.69, 9.17) is 10.9 Å². The quantitative estimate of drug-likeness (QED) is 0.349. The van der Waals surface area contributed by atoms with Crippen molar-refractivity contribution in [2.24, 2.45) is 23.6 Å². The number of hydrogen-bond donors (Lipinski definition) is 2. The third kappa shape index (κ3) is 9.45. The highest BCUT2D eigenvalue weighted by Crippen LogP contribution is 2.21. The molecule has 21 heavy (non-hydrogen) atoms. The molecule has 0 saturated heterocycles. The molecule has 124 valence electrons. The van der Waals surface area contributed by atoms with E-state index in [0.717, 1.165) is 25.7 Å².